The molecule has 23 heavy (non-hydrogen) atoms. The first kappa shape index (κ1) is 14.3. The number of aromatic hydroxyl groups is 1. The number of hydrogen-bond acceptors (Lipinski definition) is 3. The van der Waals surface area contributed by atoms with Gasteiger partial charge in [0.1, 0.15) is 11.4 Å². The molecule has 3 atom stereocenters. The van der Waals surface area contributed by atoms with E-state index in [0.717, 1.165) is 24.1 Å². The highest BCUT2D eigenvalue weighted by Gasteiger charge is 2.39. The molecule has 1 aromatic heterocycles. The third-order valence-electron chi connectivity index (χ3n) is 5.11. The monoisotopic (exact) mass is 311 g/mol. The van der Waals surface area contributed by atoms with Gasteiger partial charge in [-0.25, -0.2) is 0 Å². The van der Waals surface area contributed by atoms with Crippen LogP contribution in [0.3, 0.4) is 0 Å². The Hall–Kier alpha value is -2.27. The van der Waals surface area contributed by atoms with Crippen molar-refractivity contribution >= 4 is 5.91 Å². The smallest absolute Gasteiger partial charge is 0.268 e. The molecule has 2 aromatic rings. The van der Waals surface area contributed by atoms with Crippen LogP contribution in [-0.2, 0) is 7.05 Å². The Kier molecular flexibility index (Phi) is 3.38. The standard InChI is InChI=1S/C18H21N3O2/c1-21-16(11-3-2-4-13(22)9-11)7-8-17(21)18(23)20-15-10-12-5-6-14(15)19-12/h2-4,7-9,12,14-15,19,22H,5-6,10H2,1H3,(H,20,23)/t12-,14+,15-/m1/s1. The molecule has 0 saturated carbocycles. The van der Waals surface area contributed by atoms with Crippen molar-refractivity contribution in [2.24, 2.45) is 7.05 Å². The van der Waals surface area contributed by atoms with Crippen molar-refractivity contribution in [3.8, 4) is 17.0 Å². The molecular weight excluding hydrogens is 290 g/mol. The maximum Gasteiger partial charge on any atom is 0.268 e. The molecule has 0 spiro atoms. The van der Waals surface area contributed by atoms with E-state index < -0.39 is 0 Å². The first-order valence-electron chi connectivity index (χ1n) is 8.14. The number of carbonyl (C=O) groups excluding carboxylic acids is 1. The quantitative estimate of drug-likeness (QED) is 0.812. The van der Waals surface area contributed by atoms with Gasteiger partial charge in [0, 0.05) is 36.4 Å². The summed E-state index contributed by atoms with van der Waals surface area (Å²) in [4.78, 5) is 12.6. The minimum absolute atomic E-state index is 0.0294. The fourth-order valence-electron chi connectivity index (χ4n) is 3.92. The zero-order valence-corrected chi connectivity index (χ0v) is 13.1. The van der Waals surface area contributed by atoms with E-state index in [2.05, 4.69) is 10.6 Å². The lowest BCUT2D eigenvalue weighted by Crippen LogP contribution is -2.43. The molecule has 2 aliphatic heterocycles. The van der Waals surface area contributed by atoms with E-state index in [1.54, 1.807) is 18.2 Å². The summed E-state index contributed by atoms with van der Waals surface area (Å²) in [5.41, 5.74) is 2.45. The van der Waals surface area contributed by atoms with E-state index in [-0.39, 0.29) is 17.7 Å². The van der Waals surface area contributed by atoms with Crippen LogP contribution < -0.4 is 10.6 Å². The zero-order chi connectivity index (χ0) is 16.0. The molecular formula is C18H21N3O2. The molecule has 0 radical (unpaired) electrons. The Morgan fingerprint density at radius 3 is 2.87 bits per heavy atom. The summed E-state index contributed by atoms with van der Waals surface area (Å²) in [5.74, 6) is 0.195. The van der Waals surface area contributed by atoms with Crippen molar-refractivity contribution in [2.75, 3.05) is 0 Å². The lowest BCUT2D eigenvalue weighted by Gasteiger charge is -2.21. The van der Waals surface area contributed by atoms with E-state index in [1.165, 1.54) is 6.42 Å². The molecule has 3 N–H and O–H groups in total. The number of fused-ring (bicyclic) bond motifs is 2. The van der Waals surface area contributed by atoms with Crippen molar-refractivity contribution in [1.82, 2.24) is 15.2 Å². The summed E-state index contributed by atoms with van der Waals surface area (Å²) in [7, 11) is 1.88. The van der Waals surface area contributed by atoms with Gasteiger partial charge in [-0.3, -0.25) is 4.79 Å². The Balaban J connectivity index is 1.54. The normalized spacial score (nSPS) is 25.7. The summed E-state index contributed by atoms with van der Waals surface area (Å²) < 4.78 is 1.88. The number of phenols is 1. The van der Waals surface area contributed by atoms with Crippen LogP contribution in [0.1, 0.15) is 29.8 Å². The van der Waals surface area contributed by atoms with Crippen LogP contribution in [0.4, 0.5) is 0 Å². The van der Waals surface area contributed by atoms with Gasteiger partial charge in [0.05, 0.1) is 0 Å². The highest BCUT2D eigenvalue weighted by atomic mass is 16.3. The largest absolute Gasteiger partial charge is 0.508 e. The summed E-state index contributed by atoms with van der Waals surface area (Å²) in [6, 6.07) is 12.1. The van der Waals surface area contributed by atoms with E-state index >= 15 is 0 Å². The second-order valence-corrected chi connectivity index (χ2v) is 6.58. The summed E-state index contributed by atoms with van der Waals surface area (Å²) in [5, 5.41) is 16.3. The molecule has 0 unspecified atom stereocenters. The van der Waals surface area contributed by atoms with Gasteiger partial charge in [0.2, 0.25) is 0 Å². The fraction of sp³-hybridized carbons (Fsp3) is 0.389. The first-order valence-corrected chi connectivity index (χ1v) is 8.14. The number of benzene rings is 1. The number of rotatable bonds is 3. The average Bonchev–Trinajstić information content (AvgIpc) is 3.22. The maximum absolute atomic E-state index is 12.6. The van der Waals surface area contributed by atoms with Crippen molar-refractivity contribution in [3.63, 3.8) is 0 Å². The lowest BCUT2D eigenvalue weighted by atomic mass is 9.95. The van der Waals surface area contributed by atoms with Gasteiger partial charge in [-0.2, -0.15) is 0 Å². The molecule has 120 valence electrons. The van der Waals surface area contributed by atoms with E-state index in [4.69, 9.17) is 0 Å². The number of aromatic nitrogens is 1. The molecule has 2 saturated heterocycles. The van der Waals surface area contributed by atoms with Crippen molar-refractivity contribution in [2.45, 2.75) is 37.4 Å². The topological polar surface area (TPSA) is 66.3 Å². The fourth-order valence-corrected chi connectivity index (χ4v) is 3.92. The second kappa shape index (κ2) is 5.42. The molecule has 2 fully saturated rings. The van der Waals surface area contributed by atoms with E-state index in [1.807, 2.05) is 29.8 Å². The molecule has 2 aliphatic rings. The minimum Gasteiger partial charge on any atom is -0.508 e. The molecule has 5 heteroatoms. The van der Waals surface area contributed by atoms with Gasteiger partial charge in [-0.1, -0.05) is 12.1 Å². The number of nitrogens with one attached hydrogen (secondary N) is 2. The summed E-state index contributed by atoms with van der Waals surface area (Å²) >= 11 is 0. The highest BCUT2D eigenvalue weighted by Crippen LogP contribution is 2.29. The first-order chi connectivity index (χ1) is 11.1. The Morgan fingerprint density at radius 2 is 2.17 bits per heavy atom. The van der Waals surface area contributed by atoms with Crippen molar-refractivity contribution in [3.05, 3.63) is 42.1 Å². The SMILES string of the molecule is Cn1c(C(=O)N[C@@H]2C[C@H]3CC[C@@H]2N3)ccc1-c1cccc(O)c1. The van der Waals surface area contributed by atoms with Crippen LogP contribution >= 0.6 is 0 Å². The van der Waals surface area contributed by atoms with Crippen LogP contribution in [0.25, 0.3) is 11.3 Å². The van der Waals surface area contributed by atoms with Crippen LogP contribution in [0.2, 0.25) is 0 Å². The van der Waals surface area contributed by atoms with E-state index in [0.29, 0.717) is 17.8 Å². The third-order valence-corrected chi connectivity index (χ3v) is 5.11. The predicted octanol–water partition coefficient (Wildman–Crippen LogP) is 2.02. The van der Waals surface area contributed by atoms with Gasteiger partial charge >= 0.3 is 0 Å². The molecule has 1 amide bonds. The second-order valence-electron chi connectivity index (χ2n) is 6.58. The third kappa shape index (κ3) is 2.51. The maximum atomic E-state index is 12.6. The number of carbonyl (C=O) groups is 1. The van der Waals surface area contributed by atoms with Crippen LogP contribution in [0, 0.1) is 0 Å². The number of amides is 1. The minimum atomic E-state index is -0.0294. The molecule has 4 rings (SSSR count). The number of hydrogen-bond donors (Lipinski definition) is 3. The molecule has 1 aromatic carbocycles. The number of nitrogens with zero attached hydrogens (tertiary/aromatic N) is 1. The van der Waals surface area contributed by atoms with Crippen LogP contribution in [0.5, 0.6) is 5.75 Å². The van der Waals surface area contributed by atoms with Crippen LogP contribution in [-0.4, -0.2) is 33.7 Å². The van der Waals surface area contributed by atoms with Gasteiger partial charge < -0.3 is 20.3 Å². The summed E-state index contributed by atoms with van der Waals surface area (Å²) in [6.07, 6.45) is 3.40. The molecule has 3 heterocycles. The van der Waals surface area contributed by atoms with Gasteiger partial charge in [-0.05, 0) is 43.5 Å². The predicted molar refractivity (Wildman–Crippen MR) is 88.3 cm³/mol. The average molecular weight is 311 g/mol. The number of phenolic OH excluding ortho intramolecular Hbond substituents is 1. The van der Waals surface area contributed by atoms with Gasteiger partial charge in [0.25, 0.3) is 5.91 Å². The Bertz CT molecular complexity index is 752. The zero-order valence-electron chi connectivity index (χ0n) is 13.1. The lowest BCUT2D eigenvalue weighted by molar-refractivity contribution is 0.0923. The van der Waals surface area contributed by atoms with Gasteiger partial charge in [-0.15, -0.1) is 0 Å². The van der Waals surface area contributed by atoms with Crippen molar-refractivity contribution < 1.29 is 9.90 Å². The Labute approximate surface area is 135 Å². The Morgan fingerprint density at radius 1 is 1.30 bits per heavy atom. The van der Waals surface area contributed by atoms with Crippen molar-refractivity contribution in [1.29, 1.82) is 0 Å². The summed E-state index contributed by atoms with van der Waals surface area (Å²) in [6.45, 7) is 0. The molecule has 5 nitrogen and oxygen atoms in total. The molecule has 2 bridgehead atoms. The van der Waals surface area contributed by atoms with E-state index in [9.17, 15) is 9.90 Å². The van der Waals surface area contributed by atoms with Gasteiger partial charge in [0.15, 0.2) is 0 Å². The van der Waals surface area contributed by atoms with Crippen LogP contribution in [0.15, 0.2) is 36.4 Å². The molecule has 0 aliphatic carbocycles. The highest BCUT2D eigenvalue weighted by molar-refractivity contribution is 5.94.